The summed E-state index contributed by atoms with van der Waals surface area (Å²) >= 11 is 0. The number of carbonyl (C=O) groups is 1. The molecule has 2 N–H and O–H groups in total. The zero-order valence-electron chi connectivity index (χ0n) is 11.7. The minimum absolute atomic E-state index is 0.130. The van der Waals surface area contributed by atoms with E-state index in [2.05, 4.69) is 18.3 Å². The quantitative estimate of drug-likeness (QED) is 0.805. The van der Waals surface area contributed by atoms with Crippen LogP contribution < -0.4 is 5.32 Å². The second-order valence-corrected chi connectivity index (χ2v) is 5.94. The summed E-state index contributed by atoms with van der Waals surface area (Å²) < 4.78 is 0. The molecule has 0 heterocycles. The van der Waals surface area contributed by atoms with Gasteiger partial charge in [0.25, 0.3) is 0 Å². The molecule has 0 bridgehead atoms. The van der Waals surface area contributed by atoms with Crippen molar-refractivity contribution in [2.45, 2.75) is 59.0 Å². The molecule has 0 aromatic rings. The van der Waals surface area contributed by atoms with Crippen molar-refractivity contribution >= 4 is 5.97 Å². The Balaban J connectivity index is 2.78. The first kappa shape index (κ1) is 15.0. The van der Waals surface area contributed by atoms with Crippen molar-refractivity contribution in [3.63, 3.8) is 0 Å². The largest absolute Gasteiger partial charge is 0.481 e. The molecular weight excluding hydrogens is 228 g/mol. The van der Waals surface area contributed by atoms with Crippen molar-refractivity contribution in [3.05, 3.63) is 0 Å². The maximum Gasteiger partial charge on any atom is 0.307 e. The van der Waals surface area contributed by atoms with Gasteiger partial charge in [0.1, 0.15) is 0 Å². The fourth-order valence-corrected chi connectivity index (χ4v) is 2.98. The summed E-state index contributed by atoms with van der Waals surface area (Å²) in [6, 6.07) is 2.36. The van der Waals surface area contributed by atoms with Gasteiger partial charge in [-0.3, -0.25) is 10.1 Å². The van der Waals surface area contributed by atoms with Gasteiger partial charge in [-0.1, -0.05) is 27.7 Å². The van der Waals surface area contributed by atoms with E-state index in [-0.39, 0.29) is 29.3 Å². The molecule has 1 rings (SSSR count). The molecule has 4 nitrogen and oxygen atoms in total. The van der Waals surface area contributed by atoms with Crippen LogP contribution in [0.3, 0.4) is 0 Å². The SMILES string of the molecule is CCC(C#N)NC1CCC(C(=O)O)C(C)(C)C1C. The summed E-state index contributed by atoms with van der Waals surface area (Å²) in [6.07, 6.45) is 2.30. The van der Waals surface area contributed by atoms with E-state index in [1.165, 1.54) is 0 Å². The van der Waals surface area contributed by atoms with Crippen LogP contribution in [0.15, 0.2) is 0 Å². The maximum atomic E-state index is 11.3. The third-order valence-electron chi connectivity index (χ3n) is 4.72. The van der Waals surface area contributed by atoms with Gasteiger partial charge in [0.2, 0.25) is 0 Å². The zero-order valence-corrected chi connectivity index (χ0v) is 11.7. The van der Waals surface area contributed by atoms with Crippen molar-refractivity contribution in [2.75, 3.05) is 0 Å². The Hall–Kier alpha value is -1.08. The number of carboxylic acids is 1. The standard InChI is InChI=1S/C14H24N2O2/c1-5-10(8-15)16-12-7-6-11(13(17)18)14(3,4)9(12)2/h9-12,16H,5-7H2,1-4H3,(H,17,18). The molecule has 0 radical (unpaired) electrons. The number of nitrogens with zero attached hydrogens (tertiary/aromatic N) is 1. The van der Waals surface area contributed by atoms with E-state index in [0.717, 1.165) is 12.8 Å². The van der Waals surface area contributed by atoms with Crippen molar-refractivity contribution in [3.8, 4) is 6.07 Å². The minimum atomic E-state index is -0.697. The minimum Gasteiger partial charge on any atom is -0.481 e. The fraction of sp³-hybridized carbons (Fsp3) is 0.857. The molecule has 1 fully saturated rings. The Labute approximate surface area is 109 Å². The van der Waals surface area contributed by atoms with Gasteiger partial charge in [0.05, 0.1) is 18.0 Å². The molecule has 4 heteroatoms. The average Bonchev–Trinajstić information content (AvgIpc) is 2.30. The monoisotopic (exact) mass is 252 g/mol. The highest BCUT2D eigenvalue weighted by Crippen LogP contribution is 2.45. The number of nitrogens with one attached hydrogen (secondary N) is 1. The van der Waals surface area contributed by atoms with E-state index in [1.807, 2.05) is 20.8 Å². The smallest absolute Gasteiger partial charge is 0.307 e. The highest BCUT2D eigenvalue weighted by molar-refractivity contribution is 5.71. The van der Waals surface area contributed by atoms with Crippen LogP contribution in [0.25, 0.3) is 0 Å². The van der Waals surface area contributed by atoms with E-state index in [9.17, 15) is 9.90 Å². The predicted molar refractivity (Wildman–Crippen MR) is 69.9 cm³/mol. The van der Waals surface area contributed by atoms with E-state index >= 15 is 0 Å². The molecule has 18 heavy (non-hydrogen) atoms. The third kappa shape index (κ3) is 2.84. The highest BCUT2D eigenvalue weighted by Gasteiger charge is 2.46. The van der Waals surface area contributed by atoms with Gasteiger partial charge in [-0.2, -0.15) is 5.26 Å². The maximum absolute atomic E-state index is 11.3. The summed E-state index contributed by atoms with van der Waals surface area (Å²) in [4.78, 5) is 11.3. The van der Waals surface area contributed by atoms with Gasteiger partial charge in [0.15, 0.2) is 0 Å². The van der Waals surface area contributed by atoms with Crippen molar-refractivity contribution in [1.82, 2.24) is 5.32 Å². The fourth-order valence-electron chi connectivity index (χ4n) is 2.98. The normalized spacial score (nSPS) is 32.5. The van der Waals surface area contributed by atoms with Gasteiger partial charge in [-0.25, -0.2) is 0 Å². The molecule has 102 valence electrons. The first-order valence-corrected chi connectivity index (χ1v) is 6.73. The van der Waals surface area contributed by atoms with Gasteiger partial charge in [0, 0.05) is 6.04 Å². The highest BCUT2D eigenvalue weighted by atomic mass is 16.4. The summed E-state index contributed by atoms with van der Waals surface area (Å²) in [5.41, 5.74) is -0.241. The third-order valence-corrected chi connectivity index (χ3v) is 4.72. The summed E-state index contributed by atoms with van der Waals surface area (Å²) in [5, 5.41) is 21.7. The number of nitriles is 1. The molecule has 4 unspecified atom stereocenters. The van der Waals surface area contributed by atoms with Crippen molar-refractivity contribution in [2.24, 2.45) is 17.3 Å². The Bertz CT molecular complexity index is 346. The molecule has 1 saturated carbocycles. The van der Waals surface area contributed by atoms with Gasteiger partial charge in [-0.15, -0.1) is 0 Å². The second-order valence-electron chi connectivity index (χ2n) is 5.94. The molecule has 1 aliphatic carbocycles. The van der Waals surface area contributed by atoms with Crippen LogP contribution in [-0.2, 0) is 4.79 Å². The lowest BCUT2D eigenvalue weighted by molar-refractivity contribution is -0.150. The average molecular weight is 252 g/mol. The Kier molecular flexibility index (Phi) is 4.75. The second kappa shape index (κ2) is 5.71. The van der Waals surface area contributed by atoms with Gasteiger partial charge in [-0.05, 0) is 30.6 Å². The Morgan fingerprint density at radius 1 is 1.56 bits per heavy atom. The lowest BCUT2D eigenvalue weighted by atomic mass is 9.61. The molecule has 1 aliphatic rings. The molecule has 0 amide bonds. The molecule has 0 saturated heterocycles. The van der Waals surface area contributed by atoms with Crippen LogP contribution in [0, 0.1) is 28.6 Å². The number of carboxylic acid groups (broad SMARTS) is 1. The van der Waals surface area contributed by atoms with E-state index < -0.39 is 5.97 Å². The van der Waals surface area contributed by atoms with Crippen molar-refractivity contribution in [1.29, 1.82) is 5.26 Å². The topological polar surface area (TPSA) is 73.1 Å². The number of aliphatic carboxylic acids is 1. The van der Waals surface area contributed by atoms with E-state index in [0.29, 0.717) is 6.42 Å². The van der Waals surface area contributed by atoms with Crippen LogP contribution >= 0.6 is 0 Å². The summed E-state index contributed by atoms with van der Waals surface area (Å²) in [7, 11) is 0. The van der Waals surface area contributed by atoms with Crippen LogP contribution in [0.4, 0.5) is 0 Å². The van der Waals surface area contributed by atoms with Crippen LogP contribution in [0.1, 0.15) is 47.0 Å². The van der Waals surface area contributed by atoms with Crippen LogP contribution in [-0.4, -0.2) is 23.2 Å². The van der Waals surface area contributed by atoms with E-state index in [4.69, 9.17) is 5.26 Å². The Morgan fingerprint density at radius 2 is 2.17 bits per heavy atom. The predicted octanol–water partition coefficient (Wildman–Crippen LogP) is 2.40. The lowest BCUT2D eigenvalue weighted by Gasteiger charge is -2.46. The van der Waals surface area contributed by atoms with E-state index in [1.54, 1.807) is 0 Å². The summed E-state index contributed by atoms with van der Waals surface area (Å²) in [5.74, 6) is -0.736. The van der Waals surface area contributed by atoms with Gasteiger partial charge >= 0.3 is 5.97 Å². The summed E-state index contributed by atoms with van der Waals surface area (Å²) in [6.45, 7) is 8.13. The molecule has 0 aromatic carbocycles. The molecule has 4 atom stereocenters. The Morgan fingerprint density at radius 3 is 2.61 bits per heavy atom. The number of hydrogen-bond donors (Lipinski definition) is 2. The van der Waals surface area contributed by atoms with Gasteiger partial charge < -0.3 is 5.11 Å². The lowest BCUT2D eigenvalue weighted by Crippen LogP contribution is -2.53. The van der Waals surface area contributed by atoms with Crippen molar-refractivity contribution < 1.29 is 9.90 Å². The first-order chi connectivity index (χ1) is 8.34. The first-order valence-electron chi connectivity index (χ1n) is 6.73. The zero-order chi connectivity index (χ0) is 13.9. The molecule has 0 aliphatic heterocycles. The molecule has 0 spiro atoms. The molecular formula is C14H24N2O2. The number of rotatable bonds is 4. The van der Waals surface area contributed by atoms with Crippen LogP contribution in [0.5, 0.6) is 0 Å². The molecule has 0 aromatic heterocycles. The number of hydrogen-bond acceptors (Lipinski definition) is 3. The van der Waals surface area contributed by atoms with Crippen LogP contribution in [0.2, 0.25) is 0 Å².